The highest BCUT2D eigenvalue weighted by molar-refractivity contribution is 7.96. The Morgan fingerprint density at radius 1 is 0.824 bits per heavy atom. The largest absolute Gasteiger partial charge is 0.496 e. The van der Waals surface area contributed by atoms with Crippen LogP contribution in [-0.2, 0) is 10.9 Å². The van der Waals surface area contributed by atoms with Gasteiger partial charge >= 0.3 is 6.18 Å². The second-order valence-corrected chi connectivity index (χ2v) is 9.90. The van der Waals surface area contributed by atoms with Gasteiger partial charge in [-0.15, -0.1) is 0 Å². The number of fused-ring (bicyclic) bond motifs is 1. The second kappa shape index (κ2) is 10.2. The molecule has 0 bridgehead atoms. The highest BCUT2D eigenvalue weighted by Gasteiger charge is 2.37. The topological polar surface area (TPSA) is 27.7 Å². The molecule has 0 aliphatic heterocycles. The maximum atomic E-state index is 13.8. The number of alkyl halides is 3. The van der Waals surface area contributed by atoms with Gasteiger partial charge in [0.15, 0.2) is 6.79 Å². The van der Waals surface area contributed by atoms with E-state index in [-0.39, 0.29) is 17.8 Å². The SMILES string of the molecule is COCOc1c(P(Cl)c2ccccc2-c2c(OC)ccc3ccccc23)cccc1C(F)(F)F. The molecule has 1 atom stereocenters. The van der Waals surface area contributed by atoms with E-state index >= 15 is 0 Å². The molecule has 0 aromatic heterocycles. The van der Waals surface area contributed by atoms with Crippen molar-refractivity contribution in [1.82, 2.24) is 0 Å². The molecule has 0 radical (unpaired) electrons. The van der Waals surface area contributed by atoms with Gasteiger partial charge in [0.2, 0.25) is 0 Å². The average Bonchev–Trinajstić information content (AvgIpc) is 2.85. The van der Waals surface area contributed by atoms with Gasteiger partial charge in [-0.05, 0) is 34.5 Å². The maximum Gasteiger partial charge on any atom is 0.419 e. The van der Waals surface area contributed by atoms with Crippen LogP contribution in [0.1, 0.15) is 5.56 Å². The molecule has 0 fully saturated rings. The number of hydrogen-bond donors (Lipinski definition) is 0. The molecule has 0 amide bonds. The molecule has 0 aliphatic rings. The lowest BCUT2D eigenvalue weighted by atomic mass is 9.97. The summed E-state index contributed by atoms with van der Waals surface area (Å²) in [5, 5.41) is 2.91. The van der Waals surface area contributed by atoms with E-state index in [1.165, 1.54) is 13.2 Å². The van der Waals surface area contributed by atoms with E-state index in [1.54, 1.807) is 13.2 Å². The van der Waals surface area contributed by atoms with Crippen LogP contribution in [0.2, 0.25) is 0 Å². The van der Waals surface area contributed by atoms with Crippen LogP contribution >= 0.6 is 18.5 Å². The first-order valence-corrected chi connectivity index (χ1v) is 12.5. The summed E-state index contributed by atoms with van der Waals surface area (Å²) < 4.78 is 57.3. The number of ether oxygens (including phenoxy) is 3. The quantitative estimate of drug-likeness (QED) is 0.198. The smallest absolute Gasteiger partial charge is 0.419 e. The van der Waals surface area contributed by atoms with Gasteiger partial charge in [0.1, 0.15) is 11.5 Å². The summed E-state index contributed by atoms with van der Waals surface area (Å²) in [5.41, 5.74) is 0.721. The van der Waals surface area contributed by atoms with Crippen LogP contribution < -0.4 is 20.1 Å². The van der Waals surface area contributed by atoms with Gasteiger partial charge in [0.25, 0.3) is 0 Å². The van der Waals surface area contributed by atoms with E-state index in [4.69, 9.17) is 25.5 Å². The summed E-state index contributed by atoms with van der Waals surface area (Å²) in [6, 6.07) is 23.0. The van der Waals surface area contributed by atoms with Crippen molar-refractivity contribution < 1.29 is 27.4 Å². The van der Waals surface area contributed by atoms with E-state index in [9.17, 15) is 13.2 Å². The number of halogens is 4. The Kier molecular flexibility index (Phi) is 7.32. The fraction of sp³-hybridized carbons (Fsp3) is 0.154. The zero-order valence-electron chi connectivity index (χ0n) is 18.4. The lowest BCUT2D eigenvalue weighted by Crippen LogP contribution is -2.19. The standard InChI is InChI=1S/C26H21ClF3O3P/c1-31-16-33-25-20(26(28,29)30)11-7-13-23(25)34(27)22-12-6-5-10-19(22)24-18-9-4-3-8-17(18)14-15-21(24)32-2/h3-15H,16H2,1-2H3. The summed E-state index contributed by atoms with van der Waals surface area (Å²) in [7, 11) is 1.18. The van der Waals surface area contributed by atoms with E-state index in [0.29, 0.717) is 11.1 Å². The fourth-order valence-corrected chi connectivity index (χ4v) is 6.15. The van der Waals surface area contributed by atoms with Crippen molar-refractivity contribution in [3.05, 3.63) is 84.4 Å². The molecule has 8 heteroatoms. The molecular weight excluding hydrogens is 484 g/mol. The van der Waals surface area contributed by atoms with Gasteiger partial charge in [-0.3, -0.25) is 0 Å². The minimum absolute atomic E-state index is 0.259. The average molecular weight is 505 g/mol. The minimum Gasteiger partial charge on any atom is -0.496 e. The van der Waals surface area contributed by atoms with Gasteiger partial charge in [-0.2, -0.15) is 13.2 Å². The second-order valence-electron chi connectivity index (χ2n) is 7.36. The van der Waals surface area contributed by atoms with Crippen molar-refractivity contribution in [2.24, 2.45) is 0 Å². The van der Waals surface area contributed by atoms with Crippen LogP contribution in [0.15, 0.2) is 78.9 Å². The van der Waals surface area contributed by atoms with Gasteiger partial charge in [-0.25, -0.2) is 0 Å². The van der Waals surface area contributed by atoms with Crippen LogP contribution in [0.3, 0.4) is 0 Å². The molecule has 1 unspecified atom stereocenters. The van der Waals surface area contributed by atoms with Gasteiger partial charge < -0.3 is 14.2 Å². The Balaban J connectivity index is 1.93. The third kappa shape index (κ3) is 4.72. The number of benzene rings is 4. The van der Waals surface area contributed by atoms with Crippen molar-refractivity contribution in [3.8, 4) is 22.6 Å². The molecule has 0 spiro atoms. The first-order chi connectivity index (χ1) is 16.4. The molecular formula is C26H21ClF3O3P. The number of para-hydroxylation sites is 1. The van der Waals surface area contributed by atoms with Gasteiger partial charge in [-0.1, -0.05) is 71.9 Å². The Bertz CT molecular complexity index is 1310. The first kappa shape index (κ1) is 24.3. The number of rotatable bonds is 7. The lowest BCUT2D eigenvalue weighted by Gasteiger charge is -2.22. The Hall–Kier alpha value is -2.79. The van der Waals surface area contributed by atoms with Crippen molar-refractivity contribution in [2.45, 2.75) is 6.18 Å². The Morgan fingerprint density at radius 2 is 1.53 bits per heavy atom. The lowest BCUT2D eigenvalue weighted by molar-refractivity contribution is -0.139. The molecule has 0 aliphatic carbocycles. The maximum absolute atomic E-state index is 13.8. The Morgan fingerprint density at radius 3 is 2.26 bits per heavy atom. The summed E-state index contributed by atoms with van der Waals surface area (Å²) >= 11 is 6.98. The molecule has 0 N–H and O–H groups in total. The summed E-state index contributed by atoms with van der Waals surface area (Å²) in [6.45, 7) is -0.334. The van der Waals surface area contributed by atoms with Crippen LogP contribution in [0.25, 0.3) is 21.9 Å². The van der Waals surface area contributed by atoms with Gasteiger partial charge in [0.05, 0.1) is 19.9 Å². The van der Waals surface area contributed by atoms with E-state index in [2.05, 4.69) is 0 Å². The molecule has 176 valence electrons. The van der Waals surface area contributed by atoms with Crippen molar-refractivity contribution in [2.75, 3.05) is 21.0 Å². The molecule has 0 heterocycles. The van der Waals surface area contributed by atoms with Crippen LogP contribution in [-0.4, -0.2) is 21.0 Å². The highest BCUT2D eigenvalue weighted by atomic mass is 35.7. The monoisotopic (exact) mass is 504 g/mol. The zero-order valence-corrected chi connectivity index (χ0v) is 20.0. The summed E-state index contributed by atoms with van der Waals surface area (Å²) in [6.07, 6.45) is -4.61. The van der Waals surface area contributed by atoms with Gasteiger partial charge in [0, 0.05) is 23.3 Å². The van der Waals surface area contributed by atoms with Crippen molar-refractivity contribution >= 4 is 39.9 Å². The van der Waals surface area contributed by atoms with Crippen LogP contribution in [0.5, 0.6) is 11.5 Å². The predicted octanol–water partition coefficient (Wildman–Crippen LogP) is 7.10. The van der Waals surface area contributed by atoms with Crippen LogP contribution in [0.4, 0.5) is 13.2 Å². The van der Waals surface area contributed by atoms with Crippen molar-refractivity contribution in [3.63, 3.8) is 0 Å². The molecule has 0 saturated heterocycles. The molecule has 0 saturated carbocycles. The molecule has 4 rings (SSSR count). The third-order valence-electron chi connectivity index (χ3n) is 5.33. The van der Waals surface area contributed by atoms with E-state index in [1.807, 2.05) is 60.7 Å². The van der Waals surface area contributed by atoms with Crippen LogP contribution in [0, 0.1) is 0 Å². The van der Waals surface area contributed by atoms with E-state index < -0.39 is 19.0 Å². The molecule has 34 heavy (non-hydrogen) atoms. The number of hydrogen-bond acceptors (Lipinski definition) is 3. The predicted molar refractivity (Wildman–Crippen MR) is 132 cm³/mol. The summed E-state index contributed by atoms with van der Waals surface area (Å²) in [4.78, 5) is 0. The molecule has 4 aromatic carbocycles. The molecule has 4 aromatic rings. The Labute approximate surface area is 201 Å². The highest BCUT2D eigenvalue weighted by Crippen LogP contribution is 2.49. The van der Waals surface area contributed by atoms with Crippen molar-refractivity contribution in [1.29, 1.82) is 0 Å². The third-order valence-corrected chi connectivity index (χ3v) is 8.01. The first-order valence-electron chi connectivity index (χ1n) is 10.3. The zero-order chi connectivity index (χ0) is 24.3. The fourth-order valence-electron chi connectivity index (χ4n) is 3.86. The van der Waals surface area contributed by atoms with E-state index in [0.717, 1.165) is 28.0 Å². The summed E-state index contributed by atoms with van der Waals surface area (Å²) in [5.74, 6) is 0.323. The normalized spacial score (nSPS) is 12.5. The minimum atomic E-state index is -4.61. The number of methoxy groups -OCH3 is 2. The molecule has 3 nitrogen and oxygen atoms in total.